The van der Waals surface area contributed by atoms with Crippen molar-refractivity contribution in [1.82, 2.24) is 34.7 Å². The lowest BCUT2D eigenvalue weighted by atomic mass is 10.2. The lowest BCUT2D eigenvalue weighted by molar-refractivity contribution is -0.137. The predicted molar refractivity (Wildman–Crippen MR) is 114 cm³/mol. The molecular weight excluding hydrogens is 455 g/mol. The maximum Gasteiger partial charge on any atom is 0.416 e. The van der Waals surface area contributed by atoms with Crippen LogP contribution in [0.3, 0.4) is 0 Å². The normalized spacial score (nSPS) is 11.7. The van der Waals surface area contributed by atoms with Gasteiger partial charge >= 0.3 is 6.18 Å². The highest BCUT2D eigenvalue weighted by Gasteiger charge is 2.31. The molecule has 1 aromatic carbocycles. The Labute approximate surface area is 188 Å². The van der Waals surface area contributed by atoms with Crippen molar-refractivity contribution < 1.29 is 18.0 Å². The second-order valence-electron chi connectivity index (χ2n) is 6.92. The van der Waals surface area contributed by atoms with Gasteiger partial charge in [-0.1, -0.05) is 18.2 Å². The number of nitrogens with one attached hydrogen (secondary N) is 1. The van der Waals surface area contributed by atoms with Crippen LogP contribution in [-0.2, 0) is 12.7 Å². The van der Waals surface area contributed by atoms with E-state index in [0.29, 0.717) is 16.3 Å². The number of hydrogen-bond acceptors (Lipinski definition) is 6. The molecule has 33 heavy (non-hydrogen) atoms. The van der Waals surface area contributed by atoms with Gasteiger partial charge in [-0.05, 0) is 41.8 Å². The molecule has 0 atom stereocenters. The summed E-state index contributed by atoms with van der Waals surface area (Å²) in [7, 11) is 0. The van der Waals surface area contributed by atoms with E-state index in [4.69, 9.17) is 0 Å². The molecule has 0 bridgehead atoms. The molecule has 0 aliphatic heterocycles. The van der Waals surface area contributed by atoms with Gasteiger partial charge in [-0.15, -0.1) is 26.6 Å². The Morgan fingerprint density at radius 1 is 1.06 bits per heavy atom. The van der Waals surface area contributed by atoms with Gasteiger partial charge in [0.25, 0.3) is 5.91 Å². The third-order valence-electron chi connectivity index (χ3n) is 4.76. The number of alkyl halides is 3. The Kier molecular flexibility index (Phi) is 5.13. The van der Waals surface area contributed by atoms with Crippen LogP contribution in [-0.4, -0.2) is 35.3 Å². The van der Waals surface area contributed by atoms with Crippen LogP contribution in [0.25, 0.3) is 22.0 Å². The van der Waals surface area contributed by atoms with E-state index < -0.39 is 17.6 Å². The number of pyridine rings is 1. The van der Waals surface area contributed by atoms with E-state index in [1.807, 2.05) is 12.1 Å². The van der Waals surface area contributed by atoms with E-state index in [-0.39, 0.29) is 23.9 Å². The van der Waals surface area contributed by atoms with Crippen LogP contribution in [0.4, 0.5) is 13.2 Å². The number of hydrogen-bond donors (Lipinski definition) is 1. The molecule has 0 spiro atoms. The zero-order valence-electron chi connectivity index (χ0n) is 16.7. The predicted octanol–water partition coefficient (Wildman–Crippen LogP) is 3.99. The van der Waals surface area contributed by atoms with Crippen molar-refractivity contribution >= 4 is 22.9 Å². The van der Waals surface area contributed by atoms with Crippen LogP contribution >= 0.6 is 11.3 Å². The quantitative estimate of drug-likeness (QED) is 0.421. The van der Waals surface area contributed by atoms with Gasteiger partial charge in [0.15, 0.2) is 17.3 Å². The largest absolute Gasteiger partial charge is 0.416 e. The molecule has 0 aliphatic rings. The first-order valence-electron chi connectivity index (χ1n) is 9.65. The van der Waals surface area contributed by atoms with E-state index in [0.717, 1.165) is 12.1 Å². The van der Waals surface area contributed by atoms with Crippen LogP contribution in [0.5, 0.6) is 0 Å². The van der Waals surface area contributed by atoms with Crippen molar-refractivity contribution in [1.29, 1.82) is 0 Å². The number of halogens is 3. The smallest absolute Gasteiger partial charge is 0.342 e. The fourth-order valence-corrected chi connectivity index (χ4v) is 3.92. The van der Waals surface area contributed by atoms with Gasteiger partial charge in [0.05, 0.1) is 22.7 Å². The van der Waals surface area contributed by atoms with Crippen molar-refractivity contribution in [3.8, 4) is 16.4 Å². The summed E-state index contributed by atoms with van der Waals surface area (Å²) >= 11 is 1.33. The number of amides is 1. The monoisotopic (exact) mass is 469 g/mol. The Balaban J connectivity index is 1.47. The first kappa shape index (κ1) is 20.8. The second-order valence-corrected chi connectivity index (χ2v) is 7.87. The first-order chi connectivity index (χ1) is 15.9. The molecule has 0 radical (unpaired) electrons. The molecule has 5 aromatic rings. The number of carbonyl (C=O) groups is 1. The average Bonchev–Trinajstić information content (AvgIpc) is 3.56. The van der Waals surface area contributed by atoms with Gasteiger partial charge < -0.3 is 5.32 Å². The lowest BCUT2D eigenvalue weighted by Gasteiger charge is -2.09. The van der Waals surface area contributed by atoms with Crippen LogP contribution in [0.1, 0.15) is 22.0 Å². The minimum absolute atomic E-state index is 0.0659. The third kappa shape index (κ3) is 4.07. The number of rotatable bonds is 5. The molecule has 0 aliphatic carbocycles. The zero-order chi connectivity index (χ0) is 23.0. The molecule has 0 saturated heterocycles. The van der Waals surface area contributed by atoms with Gasteiger partial charge in [0.1, 0.15) is 0 Å². The molecule has 4 heterocycles. The zero-order valence-corrected chi connectivity index (χ0v) is 17.5. The van der Waals surface area contributed by atoms with E-state index in [9.17, 15) is 18.0 Å². The molecule has 0 unspecified atom stereocenters. The Morgan fingerprint density at radius 2 is 1.94 bits per heavy atom. The van der Waals surface area contributed by atoms with Crippen LogP contribution in [0.2, 0.25) is 0 Å². The minimum atomic E-state index is -4.51. The Morgan fingerprint density at radius 3 is 2.73 bits per heavy atom. The second kappa shape index (κ2) is 8.13. The lowest BCUT2D eigenvalue weighted by Crippen LogP contribution is -2.25. The van der Waals surface area contributed by atoms with Crippen molar-refractivity contribution in [3.63, 3.8) is 0 Å². The summed E-state index contributed by atoms with van der Waals surface area (Å²) in [5.41, 5.74) is -0.0470. The molecule has 1 N–H and O–H groups in total. The third-order valence-corrected chi connectivity index (χ3v) is 5.63. The number of benzene rings is 1. The van der Waals surface area contributed by atoms with E-state index in [1.165, 1.54) is 28.2 Å². The number of nitrogens with zero attached hydrogens (tertiary/aromatic N) is 6. The number of carbonyl (C=O) groups excluding carboxylic acids is 1. The summed E-state index contributed by atoms with van der Waals surface area (Å²) < 4.78 is 42.6. The maximum absolute atomic E-state index is 13.2. The van der Waals surface area contributed by atoms with E-state index in [2.05, 4.69) is 25.6 Å². The molecular formula is C21H14F3N7OS. The topological polar surface area (TPSA) is 90.0 Å². The summed E-state index contributed by atoms with van der Waals surface area (Å²) in [6.45, 7) is 0.0659. The molecule has 0 saturated carbocycles. The van der Waals surface area contributed by atoms with Crippen molar-refractivity contribution in [3.05, 3.63) is 83.4 Å². The number of aromatic nitrogens is 6. The summed E-state index contributed by atoms with van der Waals surface area (Å²) in [5, 5.41) is 16.8. The van der Waals surface area contributed by atoms with Gasteiger partial charge in [0, 0.05) is 6.20 Å². The molecule has 12 heteroatoms. The number of thiophene rings is 1. The summed E-state index contributed by atoms with van der Waals surface area (Å²) in [6, 6.07) is 13.7. The van der Waals surface area contributed by atoms with Crippen molar-refractivity contribution in [2.45, 2.75) is 12.7 Å². The highest BCUT2D eigenvalue weighted by molar-refractivity contribution is 7.13. The fourth-order valence-electron chi connectivity index (χ4n) is 3.22. The van der Waals surface area contributed by atoms with Gasteiger partial charge in [-0.25, -0.2) is 9.67 Å². The van der Waals surface area contributed by atoms with E-state index in [1.54, 1.807) is 34.2 Å². The molecule has 8 nitrogen and oxygen atoms in total. The highest BCUT2D eigenvalue weighted by Crippen LogP contribution is 2.32. The maximum atomic E-state index is 13.2. The van der Waals surface area contributed by atoms with Crippen LogP contribution in [0, 0.1) is 0 Å². The van der Waals surface area contributed by atoms with Crippen molar-refractivity contribution in [2.24, 2.45) is 0 Å². The van der Waals surface area contributed by atoms with Crippen molar-refractivity contribution in [2.75, 3.05) is 0 Å². The fraction of sp³-hybridized carbons (Fsp3) is 0.0952. The van der Waals surface area contributed by atoms with Gasteiger partial charge in [0.2, 0.25) is 5.82 Å². The Bertz CT molecular complexity index is 1440. The van der Waals surface area contributed by atoms with E-state index >= 15 is 0 Å². The SMILES string of the molecule is O=C(NCc1nnc2ccccn12)c1nc(-c2cccs2)n(-c2cccc(C(F)(F)F)c2)n1. The molecule has 0 fully saturated rings. The highest BCUT2D eigenvalue weighted by atomic mass is 32.1. The molecule has 4 aromatic heterocycles. The number of fused-ring (bicyclic) bond motifs is 1. The summed E-state index contributed by atoms with van der Waals surface area (Å²) in [5.74, 6) is 0.00740. The van der Waals surface area contributed by atoms with Gasteiger partial charge in [-0.2, -0.15) is 13.2 Å². The molecule has 5 rings (SSSR count). The summed E-state index contributed by atoms with van der Waals surface area (Å²) in [4.78, 5) is 17.7. The van der Waals surface area contributed by atoms with Crippen LogP contribution in [0.15, 0.2) is 66.2 Å². The average molecular weight is 469 g/mol. The first-order valence-corrected chi connectivity index (χ1v) is 10.5. The van der Waals surface area contributed by atoms with Gasteiger partial charge in [-0.3, -0.25) is 9.20 Å². The standard InChI is InChI=1S/C21H14F3N7OS/c22-21(23,24)13-5-3-6-14(11-13)31-19(15-7-4-10-33-15)26-18(29-31)20(32)25-12-17-28-27-16-8-1-2-9-30(16)17/h1-11H,12H2,(H,25,32). The Hall–Kier alpha value is -4.06. The van der Waals surface area contributed by atoms with Crippen LogP contribution < -0.4 is 5.32 Å². The molecule has 166 valence electrons. The summed E-state index contributed by atoms with van der Waals surface area (Å²) in [6.07, 6.45) is -2.74. The minimum Gasteiger partial charge on any atom is -0.342 e. The molecule has 1 amide bonds.